The highest BCUT2D eigenvalue weighted by Crippen LogP contribution is 2.48. The molecule has 0 radical (unpaired) electrons. The average Bonchev–Trinajstić information content (AvgIpc) is 2.76. The van der Waals surface area contributed by atoms with Crippen molar-refractivity contribution in [3.63, 3.8) is 0 Å². The van der Waals surface area contributed by atoms with Gasteiger partial charge in [-0.2, -0.15) is 0 Å². The first kappa shape index (κ1) is 20.3. The van der Waals surface area contributed by atoms with Crippen molar-refractivity contribution in [1.29, 1.82) is 0 Å². The van der Waals surface area contributed by atoms with E-state index < -0.39 is 0 Å². The van der Waals surface area contributed by atoms with E-state index in [2.05, 4.69) is 55.1 Å². The molecule has 3 aromatic carbocycles. The lowest BCUT2D eigenvalue weighted by Crippen LogP contribution is -2.43. The number of benzene rings is 3. The molecule has 0 fully saturated rings. The summed E-state index contributed by atoms with van der Waals surface area (Å²) >= 11 is 7.92. The van der Waals surface area contributed by atoms with Crippen LogP contribution in [-0.2, 0) is 4.79 Å². The minimum atomic E-state index is 0.158. The molecule has 0 unspecified atom stereocenters. The highest BCUT2D eigenvalue weighted by atomic mass is 35.5. The lowest BCUT2D eigenvalue weighted by Gasteiger charge is -2.36. The number of fused-ring (bicyclic) bond motifs is 3. The van der Waals surface area contributed by atoms with Gasteiger partial charge in [-0.15, -0.1) is 11.8 Å². The maximum Gasteiger partial charge on any atom is 0.241 e. The Kier molecular flexibility index (Phi) is 6.14. The van der Waals surface area contributed by atoms with Crippen molar-refractivity contribution in [3.05, 3.63) is 71.2 Å². The summed E-state index contributed by atoms with van der Waals surface area (Å²) in [6.07, 6.45) is 0. The van der Waals surface area contributed by atoms with E-state index in [9.17, 15) is 4.79 Å². The maximum atomic E-state index is 13.4. The van der Waals surface area contributed by atoms with E-state index in [1.807, 2.05) is 40.9 Å². The summed E-state index contributed by atoms with van der Waals surface area (Å²) in [6.45, 7) is 7.04. The third-order valence-electron chi connectivity index (χ3n) is 5.55. The van der Waals surface area contributed by atoms with Crippen LogP contribution in [0.25, 0.3) is 10.8 Å². The van der Waals surface area contributed by atoms with Crippen molar-refractivity contribution in [1.82, 2.24) is 4.90 Å². The van der Waals surface area contributed by atoms with Gasteiger partial charge >= 0.3 is 0 Å². The molecule has 3 aromatic rings. The standard InChI is InChI=1S/C24H25ClN2OS/c1-3-26(4-2)16-23(28)27-15-22(18-9-12-19(25)13-10-18)29-21-14-11-17-7-5-6-8-20(17)24(21)27/h5-14,22H,3-4,15-16H2,1-2H3/t22-/m0/s1. The zero-order chi connectivity index (χ0) is 20.4. The summed E-state index contributed by atoms with van der Waals surface area (Å²) in [5.74, 6) is 0.158. The summed E-state index contributed by atoms with van der Waals surface area (Å²) in [5, 5.41) is 3.22. The van der Waals surface area contributed by atoms with Gasteiger partial charge in [-0.3, -0.25) is 9.69 Å². The van der Waals surface area contributed by atoms with Gasteiger partial charge in [0, 0.05) is 21.8 Å². The van der Waals surface area contributed by atoms with Crippen molar-refractivity contribution < 1.29 is 4.79 Å². The molecule has 1 heterocycles. The van der Waals surface area contributed by atoms with Gasteiger partial charge in [-0.05, 0) is 42.2 Å². The molecule has 4 rings (SSSR count). The van der Waals surface area contributed by atoms with Crippen molar-refractivity contribution in [2.24, 2.45) is 0 Å². The largest absolute Gasteiger partial charge is 0.308 e. The average molecular weight is 425 g/mol. The van der Waals surface area contributed by atoms with Gasteiger partial charge in [0.25, 0.3) is 0 Å². The molecule has 150 valence electrons. The number of rotatable bonds is 5. The predicted molar refractivity (Wildman–Crippen MR) is 124 cm³/mol. The Morgan fingerprint density at radius 3 is 2.52 bits per heavy atom. The van der Waals surface area contributed by atoms with Gasteiger partial charge in [0.05, 0.1) is 17.5 Å². The van der Waals surface area contributed by atoms with Crippen LogP contribution < -0.4 is 4.90 Å². The lowest BCUT2D eigenvalue weighted by atomic mass is 10.1. The van der Waals surface area contributed by atoms with E-state index in [1.54, 1.807) is 0 Å². The number of amides is 1. The molecule has 1 aliphatic heterocycles. The van der Waals surface area contributed by atoms with Crippen LogP contribution in [-0.4, -0.2) is 37.0 Å². The topological polar surface area (TPSA) is 23.6 Å². The Labute approximate surface area is 181 Å². The number of halogens is 1. The van der Waals surface area contributed by atoms with E-state index in [4.69, 9.17) is 11.6 Å². The van der Waals surface area contributed by atoms with Crippen molar-refractivity contribution in [2.45, 2.75) is 24.0 Å². The zero-order valence-electron chi connectivity index (χ0n) is 16.8. The minimum Gasteiger partial charge on any atom is -0.308 e. The molecule has 0 aromatic heterocycles. The number of anilines is 1. The van der Waals surface area contributed by atoms with Crippen LogP contribution in [0, 0.1) is 0 Å². The SMILES string of the molecule is CCN(CC)CC(=O)N1C[C@@H](c2ccc(Cl)cc2)Sc2ccc3ccccc3c21. The molecule has 1 aliphatic rings. The monoisotopic (exact) mass is 424 g/mol. The Bertz CT molecular complexity index is 1020. The second-order valence-electron chi connectivity index (χ2n) is 7.26. The van der Waals surface area contributed by atoms with Gasteiger partial charge in [-0.25, -0.2) is 0 Å². The molecule has 0 bridgehead atoms. The number of thioether (sulfide) groups is 1. The van der Waals surface area contributed by atoms with E-state index in [1.165, 1.54) is 5.56 Å². The molecule has 0 N–H and O–H groups in total. The van der Waals surface area contributed by atoms with Crippen LogP contribution in [0.1, 0.15) is 24.7 Å². The third kappa shape index (κ3) is 4.16. The molecule has 29 heavy (non-hydrogen) atoms. The van der Waals surface area contributed by atoms with Crippen LogP contribution >= 0.6 is 23.4 Å². The van der Waals surface area contributed by atoms with E-state index in [0.29, 0.717) is 13.1 Å². The normalized spacial score (nSPS) is 16.3. The Balaban J connectivity index is 1.77. The number of carbonyl (C=O) groups excluding carboxylic acids is 1. The van der Waals surface area contributed by atoms with Gasteiger partial charge in [0.2, 0.25) is 5.91 Å². The first-order chi connectivity index (χ1) is 14.1. The quantitative estimate of drug-likeness (QED) is 0.500. The molecule has 1 amide bonds. The Morgan fingerprint density at radius 1 is 1.07 bits per heavy atom. The lowest BCUT2D eigenvalue weighted by molar-refractivity contribution is -0.119. The highest BCUT2D eigenvalue weighted by molar-refractivity contribution is 7.99. The fourth-order valence-electron chi connectivity index (χ4n) is 3.86. The van der Waals surface area contributed by atoms with E-state index >= 15 is 0 Å². The van der Waals surface area contributed by atoms with Crippen LogP contribution in [0.5, 0.6) is 0 Å². The number of nitrogens with zero attached hydrogens (tertiary/aromatic N) is 2. The third-order valence-corrected chi connectivity index (χ3v) is 7.09. The summed E-state index contributed by atoms with van der Waals surface area (Å²) in [6, 6.07) is 20.6. The molecule has 0 saturated heterocycles. The fraction of sp³-hybridized carbons (Fsp3) is 0.292. The smallest absolute Gasteiger partial charge is 0.241 e. The van der Waals surface area contributed by atoms with Crippen molar-refractivity contribution in [3.8, 4) is 0 Å². The van der Waals surface area contributed by atoms with Crippen LogP contribution in [0.15, 0.2) is 65.6 Å². The van der Waals surface area contributed by atoms with Gasteiger partial charge in [-0.1, -0.05) is 67.9 Å². The second kappa shape index (κ2) is 8.78. The molecule has 1 atom stereocenters. The summed E-state index contributed by atoms with van der Waals surface area (Å²) in [7, 11) is 0. The Hall–Kier alpha value is -2.01. The Morgan fingerprint density at radius 2 is 1.79 bits per heavy atom. The summed E-state index contributed by atoms with van der Waals surface area (Å²) in [4.78, 5) is 18.8. The summed E-state index contributed by atoms with van der Waals surface area (Å²) < 4.78 is 0. The molecule has 0 aliphatic carbocycles. The first-order valence-corrected chi connectivity index (χ1v) is 11.3. The van der Waals surface area contributed by atoms with Crippen LogP contribution in [0.4, 0.5) is 5.69 Å². The van der Waals surface area contributed by atoms with Gasteiger partial charge < -0.3 is 4.90 Å². The molecule has 5 heteroatoms. The first-order valence-electron chi connectivity index (χ1n) is 10.1. The molecular formula is C24H25ClN2OS. The molecule has 0 saturated carbocycles. The molecule has 3 nitrogen and oxygen atoms in total. The fourth-order valence-corrected chi connectivity index (χ4v) is 5.29. The predicted octanol–water partition coefficient (Wildman–Crippen LogP) is 6.02. The molecular weight excluding hydrogens is 400 g/mol. The van der Waals surface area contributed by atoms with Gasteiger partial charge in [0.1, 0.15) is 0 Å². The van der Waals surface area contributed by atoms with E-state index in [0.717, 1.165) is 39.5 Å². The number of likely N-dealkylation sites (N-methyl/N-ethyl adjacent to an activating group) is 1. The van der Waals surface area contributed by atoms with Crippen LogP contribution in [0.2, 0.25) is 5.02 Å². The number of carbonyl (C=O) groups is 1. The maximum absolute atomic E-state index is 13.4. The van der Waals surface area contributed by atoms with Crippen molar-refractivity contribution >= 4 is 45.7 Å². The number of hydrogen-bond acceptors (Lipinski definition) is 3. The number of hydrogen-bond donors (Lipinski definition) is 0. The second-order valence-corrected chi connectivity index (χ2v) is 8.94. The van der Waals surface area contributed by atoms with Crippen molar-refractivity contribution in [2.75, 3.05) is 31.1 Å². The zero-order valence-corrected chi connectivity index (χ0v) is 18.3. The summed E-state index contributed by atoms with van der Waals surface area (Å²) in [5.41, 5.74) is 2.24. The van der Waals surface area contributed by atoms with Gasteiger partial charge in [0.15, 0.2) is 0 Å². The van der Waals surface area contributed by atoms with Crippen LogP contribution in [0.3, 0.4) is 0 Å². The highest BCUT2D eigenvalue weighted by Gasteiger charge is 2.31. The molecule has 0 spiro atoms. The van der Waals surface area contributed by atoms with E-state index in [-0.39, 0.29) is 11.2 Å². The minimum absolute atomic E-state index is 0.158.